The van der Waals surface area contributed by atoms with Crippen LogP contribution in [0.3, 0.4) is 0 Å². The highest BCUT2D eigenvalue weighted by atomic mass is 16.3. The van der Waals surface area contributed by atoms with Crippen LogP contribution < -0.4 is 0 Å². The summed E-state index contributed by atoms with van der Waals surface area (Å²) >= 11 is 0. The molecule has 0 fully saturated rings. The van der Waals surface area contributed by atoms with Crippen LogP contribution in [0.1, 0.15) is 42.3 Å². The molecule has 0 aliphatic carbocycles. The summed E-state index contributed by atoms with van der Waals surface area (Å²) in [6, 6.07) is 67.3. The van der Waals surface area contributed by atoms with Gasteiger partial charge in [-0.05, 0) is 79.1 Å². The quantitative estimate of drug-likeness (QED) is 0.168. The number of fused-ring (bicyclic) bond motifs is 11. The molecular formula is C56H42N4O. The summed E-state index contributed by atoms with van der Waals surface area (Å²) in [7, 11) is 2.16. The van der Waals surface area contributed by atoms with Gasteiger partial charge < -0.3 is 18.5 Å². The van der Waals surface area contributed by atoms with Gasteiger partial charge in [0.1, 0.15) is 17.3 Å². The van der Waals surface area contributed by atoms with E-state index in [0.717, 1.165) is 88.4 Å². The van der Waals surface area contributed by atoms with Gasteiger partial charge in [-0.1, -0.05) is 146 Å². The summed E-state index contributed by atoms with van der Waals surface area (Å²) in [5.41, 5.74) is 13.9. The molecule has 1 aliphatic heterocycles. The lowest BCUT2D eigenvalue weighted by atomic mass is 9.93. The van der Waals surface area contributed by atoms with E-state index in [1.54, 1.807) is 0 Å². The Labute approximate surface area is 353 Å². The Morgan fingerprint density at radius 2 is 1.03 bits per heavy atom. The van der Waals surface area contributed by atoms with Crippen LogP contribution in [0.15, 0.2) is 204 Å². The van der Waals surface area contributed by atoms with E-state index in [-0.39, 0.29) is 11.7 Å². The molecule has 0 saturated carbocycles. The Morgan fingerprint density at radius 3 is 1.74 bits per heavy atom. The molecule has 5 nitrogen and oxygen atoms in total. The minimum atomic E-state index is -0.313. The van der Waals surface area contributed by atoms with Gasteiger partial charge in [-0.15, -0.1) is 0 Å². The van der Waals surface area contributed by atoms with Crippen molar-refractivity contribution in [2.45, 2.75) is 25.6 Å². The third-order valence-corrected chi connectivity index (χ3v) is 13.0. The molecule has 1 atom stereocenters. The zero-order chi connectivity index (χ0) is 40.8. The van der Waals surface area contributed by atoms with E-state index in [1.165, 1.54) is 16.5 Å². The molecule has 12 rings (SSSR count). The fraction of sp³-hybridized carbons (Fsp3) is 0.0893. The molecule has 0 amide bonds. The fourth-order valence-electron chi connectivity index (χ4n) is 10.1. The van der Waals surface area contributed by atoms with Crippen molar-refractivity contribution in [2.75, 3.05) is 7.05 Å². The number of aliphatic imine (C=N–C) groups is 1. The first-order valence-corrected chi connectivity index (χ1v) is 21.1. The van der Waals surface area contributed by atoms with Crippen molar-refractivity contribution in [1.29, 1.82) is 0 Å². The molecule has 61 heavy (non-hydrogen) atoms. The van der Waals surface area contributed by atoms with Crippen molar-refractivity contribution >= 4 is 77.0 Å². The summed E-state index contributed by atoms with van der Waals surface area (Å²) < 4.78 is 12.2. The number of rotatable bonds is 6. The molecule has 0 radical (unpaired) electrons. The summed E-state index contributed by atoms with van der Waals surface area (Å²) in [4.78, 5) is 7.83. The van der Waals surface area contributed by atoms with Crippen LogP contribution in [-0.4, -0.2) is 26.8 Å². The van der Waals surface area contributed by atoms with Crippen molar-refractivity contribution in [3.63, 3.8) is 0 Å². The van der Waals surface area contributed by atoms with Gasteiger partial charge in [-0.25, -0.2) is 0 Å². The van der Waals surface area contributed by atoms with Crippen molar-refractivity contribution in [1.82, 2.24) is 14.0 Å². The van der Waals surface area contributed by atoms with Gasteiger partial charge >= 0.3 is 0 Å². The van der Waals surface area contributed by atoms with Gasteiger partial charge in [-0.3, -0.25) is 4.99 Å². The SMILES string of the molecule is CN1C(c2ccccc2)=CC(c2ccccc2)=NC1c1ccccc1-n1c2ccccc2c2c3oc4c(ccc5c4c4ccccc4n5C(C)(C)c4ccccc4)c3ccc21. The molecular weight excluding hydrogens is 745 g/mol. The van der Waals surface area contributed by atoms with Crippen molar-refractivity contribution < 1.29 is 4.42 Å². The molecule has 292 valence electrons. The van der Waals surface area contributed by atoms with Gasteiger partial charge in [-0.2, -0.15) is 0 Å². The predicted octanol–water partition coefficient (Wildman–Crippen LogP) is 14.0. The zero-order valence-electron chi connectivity index (χ0n) is 34.2. The smallest absolute Gasteiger partial charge is 0.149 e. The molecule has 0 N–H and O–H groups in total. The minimum absolute atomic E-state index is 0.288. The second-order valence-electron chi connectivity index (χ2n) is 16.7. The largest absolute Gasteiger partial charge is 0.455 e. The molecule has 0 spiro atoms. The summed E-state index contributed by atoms with van der Waals surface area (Å²) in [6.07, 6.45) is 1.93. The molecule has 8 aromatic carbocycles. The fourth-order valence-corrected chi connectivity index (χ4v) is 10.1. The van der Waals surface area contributed by atoms with E-state index in [0.29, 0.717) is 0 Å². The van der Waals surface area contributed by atoms with Gasteiger partial charge in [0, 0.05) is 39.9 Å². The maximum Gasteiger partial charge on any atom is 0.149 e. The first-order valence-electron chi connectivity index (χ1n) is 21.1. The Hall–Kier alpha value is -7.63. The molecule has 0 saturated heterocycles. The van der Waals surface area contributed by atoms with Gasteiger partial charge in [0.25, 0.3) is 0 Å². The lowest BCUT2D eigenvalue weighted by molar-refractivity contribution is 0.364. The number of benzene rings is 8. The van der Waals surface area contributed by atoms with E-state index in [9.17, 15) is 0 Å². The van der Waals surface area contributed by atoms with Crippen LogP contribution >= 0.6 is 0 Å². The number of allylic oxidation sites excluding steroid dienone is 1. The Balaban J connectivity index is 1.10. The average Bonchev–Trinajstić information content (AvgIpc) is 3.98. The van der Waals surface area contributed by atoms with Crippen LogP contribution in [0, 0.1) is 0 Å². The average molecular weight is 787 g/mol. The van der Waals surface area contributed by atoms with Crippen molar-refractivity contribution in [3.8, 4) is 5.69 Å². The number of nitrogens with zero attached hydrogens (tertiary/aromatic N) is 4. The van der Waals surface area contributed by atoms with Gasteiger partial charge in [0.2, 0.25) is 0 Å². The molecule has 3 aromatic heterocycles. The van der Waals surface area contributed by atoms with Crippen LogP contribution in [0.4, 0.5) is 0 Å². The first-order chi connectivity index (χ1) is 30.0. The highest BCUT2D eigenvalue weighted by Gasteiger charge is 2.31. The van der Waals surface area contributed by atoms with E-state index < -0.39 is 0 Å². The predicted molar refractivity (Wildman–Crippen MR) is 254 cm³/mol. The minimum Gasteiger partial charge on any atom is -0.455 e. The standard InChI is InChI=1S/C56H42N4O/c1-56(2,38-23-11-6-12-24-38)60-47-30-18-14-26-42(47)52-49(60)34-32-40-39-31-33-48-51(53(39)61-54(40)52)41-25-13-16-28-45(41)59(48)46-29-17-15-27-43(46)55-57-44(36-19-7-4-8-20-36)35-50(58(55)3)37-21-9-5-10-22-37/h4-35,55H,1-3H3. The topological polar surface area (TPSA) is 38.6 Å². The third kappa shape index (κ3) is 5.23. The molecule has 1 unspecified atom stereocenters. The molecule has 1 aliphatic rings. The van der Waals surface area contributed by atoms with Crippen LogP contribution in [0.5, 0.6) is 0 Å². The number of hydrogen-bond acceptors (Lipinski definition) is 3. The van der Waals surface area contributed by atoms with E-state index >= 15 is 0 Å². The van der Waals surface area contributed by atoms with Crippen LogP contribution in [0.2, 0.25) is 0 Å². The summed E-state index contributed by atoms with van der Waals surface area (Å²) in [5, 5.41) is 6.82. The van der Waals surface area contributed by atoms with Gasteiger partial charge in [0.05, 0.1) is 49.8 Å². The molecule has 0 bridgehead atoms. The number of aromatic nitrogens is 2. The monoisotopic (exact) mass is 786 g/mol. The third-order valence-electron chi connectivity index (χ3n) is 13.0. The van der Waals surface area contributed by atoms with Crippen molar-refractivity contribution in [3.05, 3.63) is 216 Å². The number of para-hydroxylation sites is 3. The van der Waals surface area contributed by atoms with Crippen LogP contribution in [0.25, 0.3) is 76.9 Å². The molecule has 4 heterocycles. The Bertz CT molecular complexity index is 3570. The summed E-state index contributed by atoms with van der Waals surface area (Å²) in [5.74, 6) is 0. The highest BCUT2D eigenvalue weighted by Crippen LogP contribution is 2.47. The summed E-state index contributed by atoms with van der Waals surface area (Å²) in [6.45, 7) is 4.62. The second kappa shape index (κ2) is 13.4. The van der Waals surface area contributed by atoms with Gasteiger partial charge in [0.15, 0.2) is 0 Å². The highest BCUT2D eigenvalue weighted by molar-refractivity contribution is 6.28. The zero-order valence-corrected chi connectivity index (χ0v) is 34.2. The Kier molecular flexibility index (Phi) is 7.79. The second-order valence-corrected chi connectivity index (χ2v) is 16.7. The van der Waals surface area contributed by atoms with Crippen LogP contribution in [-0.2, 0) is 5.54 Å². The van der Waals surface area contributed by atoms with E-state index in [1.807, 2.05) is 0 Å². The maximum atomic E-state index is 7.30. The Morgan fingerprint density at radius 1 is 0.492 bits per heavy atom. The lowest BCUT2D eigenvalue weighted by Crippen LogP contribution is -2.28. The number of hydrogen-bond donors (Lipinski definition) is 0. The van der Waals surface area contributed by atoms with E-state index in [4.69, 9.17) is 9.41 Å². The lowest BCUT2D eigenvalue weighted by Gasteiger charge is -2.35. The normalized spacial score (nSPS) is 14.8. The van der Waals surface area contributed by atoms with Crippen molar-refractivity contribution in [2.24, 2.45) is 4.99 Å². The van der Waals surface area contributed by atoms with E-state index in [2.05, 4.69) is 229 Å². The first kappa shape index (κ1) is 35.3. The number of furan rings is 1. The molecule has 11 aromatic rings. The maximum absolute atomic E-state index is 7.30. The molecule has 5 heteroatoms.